The van der Waals surface area contributed by atoms with Crippen molar-refractivity contribution in [1.82, 2.24) is 0 Å². The van der Waals surface area contributed by atoms with Gasteiger partial charge in [0.2, 0.25) is 0 Å². The lowest BCUT2D eigenvalue weighted by molar-refractivity contribution is 0.688. The van der Waals surface area contributed by atoms with Crippen LogP contribution in [-0.4, -0.2) is 0 Å². The fourth-order valence-corrected chi connectivity index (χ4v) is 7.80. The van der Waals surface area contributed by atoms with Gasteiger partial charge in [0.15, 0.2) is 0 Å². The normalized spacial score (nSPS) is 13.1. The van der Waals surface area contributed by atoms with Crippen LogP contribution < -0.4 is 0 Å². The number of fused-ring (bicyclic) bond motifs is 5. The SMILES string of the molecule is c1ccc2cc(-c3c4ccccc4c(-c4ccc(-c5c6c(cc7ccccc57)CCCC6)cc4)c4ccccc34)ccc2c1. The van der Waals surface area contributed by atoms with Gasteiger partial charge < -0.3 is 0 Å². The average Bonchev–Trinajstić information content (AvgIpc) is 3.09. The van der Waals surface area contributed by atoms with Gasteiger partial charge in [0.1, 0.15) is 0 Å². The highest BCUT2D eigenvalue weighted by atomic mass is 14.2. The number of hydrogen-bond donors (Lipinski definition) is 0. The minimum Gasteiger partial charge on any atom is -0.0616 e. The molecule has 0 atom stereocenters. The van der Waals surface area contributed by atoms with Gasteiger partial charge >= 0.3 is 0 Å². The van der Waals surface area contributed by atoms with Crippen molar-refractivity contribution in [2.45, 2.75) is 25.7 Å². The molecule has 9 rings (SSSR count). The molecule has 8 aromatic rings. The predicted octanol–water partition coefficient (Wildman–Crippen LogP) is 12.2. The van der Waals surface area contributed by atoms with Crippen molar-refractivity contribution in [3.05, 3.63) is 157 Å². The number of benzene rings is 8. The summed E-state index contributed by atoms with van der Waals surface area (Å²) >= 11 is 0. The van der Waals surface area contributed by atoms with E-state index < -0.39 is 0 Å². The van der Waals surface area contributed by atoms with Gasteiger partial charge in [-0.1, -0.05) is 140 Å². The maximum atomic E-state index is 2.44. The Balaban J connectivity index is 1.26. The van der Waals surface area contributed by atoms with Gasteiger partial charge in [0.05, 0.1) is 0 Å². The van der Waals surface area contributed by atoms with Crippen molar-refractivity contribution < 1.29 is 0 Å². The van der Waals surface area contributed by atoms with Crippen LogP contribution in [-0.2, 0) is 12.8 Å². The van der Waals surface area contributed by atoms with Crippen LogP contribution in [0.4, 0.5) is 0 Å². The summed E-state index contributed by atoms with van der Waals surface area (Å²) in [6, 6.07) is 54.3. The van der Waals surface area contributed by atoms with Gasteiger partial charge in [-0.15, -0.1) is 0 Å². The van der Waals surface area contributed by atoms with E-state index in [1.54, 1.807) is 5.56 Å². The van der Waals surface area contributed by atoms with E-state index in [0.717, 1.165) is 0 Å². The fourth-order valence-electron chi connectivity index (χ4n) is 7.80. The molecule has 0 N–H and O–H groups in total. The third-order valence-corrected chi connectivity index (χ3v) is 9.80. The lowest BCUT2D eigenvalue weighted by Crippen LogP contribution is -2.05. The quantitative estimate of drug-likeness (QED) is 0.189. The van der Waals surface area contributed by atoms with Crippen LogP contribution in [0.15, 0.2) is 146 Å². The van der Waals surface area contributed by atoms with E-state index in [1.165, 1.54) is 108 Å². The molecule has 0 radical (unpaired) electrons. The molecule has 1 aliphatic rings. The molecule has 208 valence electrons. The van der Waals surface area contributed by atoms with Crippen molar-refractivity contribution in [3.63, 3.8) is 0 Å². The van der Waals surface area contributed by atoms with Gasteiger partial charge in [-0.3, -0.25) is 0 Å². The maximum Gasteiger partial charge on any atom is -0.00262 e. The van der Waals surface area contributed by atoms with Crippen molar-refractivity contribution in [3.8, 4) is 33.4 Å². The van der Waals surface area contributed by atoms with Gasteiger partial charge in [0.25, 0.3) is 0 Å². The molecular formula is C44H32. The fraction of sp³-hybridized carbons (Fsp3) is 0.0909. The molecule has 0 bridgehead atoms. The Bertz CT molecular complexity index is 2320. The van der Waals surface area contributed by atoms with Crippen molar-refractivity contribution in [2.24, 2.45) is 0 Å². The lowest BCUT2D eigenvalue weighted by Gasteiger charge is -2.22. The minimum atomic E-state index is 1.17. The lowest BCUT2D eigenvalue weighted by atomic mass is 9.82. The van der Waals surface area contributed by atoms with Gasteiger partial charge in [-0.05, 0) is 119 Å². The van der Waals surface area contributed by atoms with Crippen molar-refractivity contribution in [1.29, 1.82) is 0 Å². The molecule has 1 aliphatic carbocycles. The molecule has 0 nitrogen and oxygen atoms in total. The zero-order valence-corrected chi connectivity index (χ0v) is 24.7. The molecule has 0 amide bonds. The Labute approximate surface area is 258 Å². The van der Waals surface area contributed by atoms with Crippen LogP contribution in [0, 0.1) is 0 Å². The van der Waals surface area contributed by atoms with Crippen molar-refractivity contribution in [2.75, 3.05) is 0 Å². The highest BCUT2D eigenvalue weighted by Gasteiger charge is 2.20. The molecule has 0 saturated carbocycles. The van der Waals surface area contributed by atoms with E-state index in [-0.39, 0.29) is 0 Å². The standard InChI is InChI=1S/C44H32/c1-2-12-32-27-35(26-21-29(32)11-1)44-40-19-9-7-17-38(40)43(39-18-8-10-20-41(39)44)31-24-22-30(23-25-31)42-36-15-5-3-13-33(36)28-34-14-4-6-16-37(34)42/h1-3,5,7-13,15,17-28H,4,6,14,16H2. The van der Waals surface area contributed by atoms with Crippen LogP contribution in [0.3, 0.4) is 0 Å². The van der Waals surface area contributed by atoms with Gasteiger partial charge in [0, 0.05) is 0 Å². The van der Waals surface area contributed by atoms with E-state index in [9.17, 15) is 0 Å². The Morgan fingerprint density at radius 2 is 0.795 bits per heavy atom. The summed E-state index contributed by atoms with van der Waals surface area (Å²) in [5, 5.41) is 10.5. The van der Waals surface area contributed by atoms with E-state index in [2.05, 4.69) is 146 Å². The topological polar surface area (TPSA) is 0 Å². The molecule has 0 spiro atoms. The largest absolute Gasteiger partial charge is 0.0616 e. The zero-order valence-electron chi connectivity index (χ0n) is 24.7. The Hall–Kier alpha value is -5.20. The highest BCUT2D eigenvalue weighted by molar-refractivity contribution is 6.21. The molecule has 0 heterocycles. The monoisotopic (exact) mass is 560 g/mol. The first-order chi connectivity index (χ1) is 21.8. The Morgan fingerprint density at radius 1 is 0.318 bits per heavy atom. The van der Waals surface area contributed by atoms with Crippen LogP contribution in [0.5, 0.6) is 0 Å². The summed E-state index contributed by atoms with van der Waals surface area (Å²) in [7, 11) is 0. The second-order valence-electron chi connectivity index (χ2n) is 12.3. The maximum absolute atomic E-state index is 2.44. The molecule has 8 aromatic carbocycles. The smallest absolute Gasteiger partial charge is 0.00262 e. The summed E-state index contributed by atoms with van der Waals surface area (Å²) in [5.41, 5.74) is 11.0. The van der Waals surface area contributed by atoms with E-state index in [4.69, 9.17) is 0 Å². The molecule has 0 saturated heterocycles. The first kappa shape index (κ1) is 25.3. The van der Waals surface area contributed by atoms with Crippen LogP contribution in [0.25, 0.3) is 76.5 Å². The summed E-state index contributed by atoms with van der Waals surface area (Å²) in [6.07, 6.45) is 4.92. The minimum absolute atomic E-state index is 1.17. The molecule has 44 heavy (non-hydrogen) atoms. The Kier molecular flexibility index (Phi) is 5.87. The predicted molar refractivity (Wildman–Crippen MR) is 189 cm³/mol. The summed E-state index contributed by atoms with van der Waals surface area (Å²) in [4.78, 5) is 0. The molecule has 0 heteroatoms. The summed E-state index contributed by atoms with van der Waals surface area (Å²) < 4.78 is 0. The van der Waals surface area contributed by atoms with E-state index in [1.807, 2.05) is 0 Å². The van der Waals surface area contributed by atoms with E-state index >= 15 is 0 Å². The number of aryl methyl sites for hydroxylation is 1. The van der Waals surface area contributed by atoms with Gasteiger partial charge in [-0.25, -0.2) is 0 Å². The number of rotatable bonds is 3. The molecule has 0 aromatic heterocycles. The third-order valence-electron chi connectivity index (χ3n) is 9.80. The second-order valence-corrected chi connectivity index (χ2v) is 12.3. The third kappa shape index (κ3) is 3.98. The first-order valence-electron chi connectivity index (χ1n) is 15.9. The Morgan fingerprint density at radius 3 is 1.45 bits per heavy atom. The highest BCUT2D eigenvalue weighted by Crippen LogP contribution is 2.45. The van der Waals surface area contributed by atoms with Gasteiger partial charge in [-0.2, -0.15) is 0 Å². The summed E-state index contributed by atoms with van der Waals surface area (Å²) in [5.74, 6) is 0. The molecule has 0 aliphatic heterocycles. The summed E-state index contributed by atoms with van der Waals surface area (Å²) in [6.45, 7) is 0. The second kappa shape index (κ2) is 10.2. The molecule has 0 fully saturated rings. The average molecular weight is 561 g/mol. The molecular weight excluding hydrogens is 528 g/mol. The first-order valence-corrected chi connectivity index (χ1v) is 15.9. The zero-order chi connectivity index (χ0) is 29.0. The number of hydrogen-bond acceptors (Lipinski definition) is 0. The van der Waals surface area contributed by atoms with Crippen LogP contribution >= 0.6 is 0 Å². The van der Waals surface area contributed by atoms with Crippen LogP contribution in [0.2, 0.25) is 0 Å². The molecule has 0 unspecified atom stereocenters. The van der Waals surface area contributed by atoms with Crippen molar-refractivity contribution >= 4 is 43.1 Å². The van der Waals surface area contributed by atoms with E-state index in [0.29, 0.717) is 0 Å². The van der Waals surface area contributed by atoms with Crippen LogP contribution in [0.1, 0.15) is 24.0 Å².